The van der Waals surface area contributed by atoms with Crippen molar-refractivity contribution < 1.29 is 13.9 Å². The molecule has 0 spiro atoms. The van der Waals surface area contributed by atoms with Crippen LogP contribution in [0.25, 0.3) is 10.9 Å². The lowest BCUT2D eigenvalue weighted by Gasteiger charge is -2.14. The van der Waals surface area contributed by atoms with Gasteiger partial charge in [-0.25, -0.2) is 4.39 Å². The first kappa shape index (κ1) is 18.4. The molecule has 0 bridgehead atoms. The summed E-state index contributed by atoms with van der Waals surface area (Å²) < 4.78 is 20.9. The van der Waals surface area contributed by atoms with E-state index in [9.17, 15) is 14.0 Å². The molecule has 0 aliphatic carbocycles. The Kier molecular flexibility index (Phi) is 5.07. The van der Waals surface area contributed by atoms with E-state index in [-0.39, 0.29) is 23.3 Å². The van der Waals surface area contributed by atoms with Crippen LogP contribution in [0.3, 0.4) is 0 Å². The Hall–Kier alpha value is -3.93. The monoisotopic (exact) mass is 388 g/mol. The summed E-state index contributed by atoms with van der Waals surface area (Å²) in [7, 11) is 0. The number of carbonyl (C=O) groups is 1. The Bertz CT molecular complexity index is 1240. The normalized spacial score (nSPS) is 10.7. The lowest BCUT2D eigenvalue weighted by atomic mass is 10.2. The molecule has 5 nitrogen and oxygen atoms in total. The second-order valence-corrected chi connectivity index (χ2v) is 6.43. The van der Waals surface area contributed by atoms with Crippen LogP contribution in [0.5, 0.6) is 11.5 Å². The summed E-state index contributed by atoms with van der Waals surface area (Å²) in [6, 6.07) is 21.6. The zero-order valence-corrected chi connectivity index (χ0v) is 15.3. The summed E-state index contributed by atoms with van der Waals surface area (Å²) in [6.07, 6.45) is 1.52. The molecule has 0 aliphatic heterocycles. The molecule has 1 amide bonds. The molecule has 1 aromatic heterocycles. The number of para-hydroxylation sites is 3. The average molecular weight is 388 g/mol. The number of anilines is 1. The van der Waals surface area contributed by atoms with E-state index in [1.54, 1.807) is 22.8 Å². The van der Waals surface area contributed by atoms with Crippen LogP contribution in [0.4, 0.5) is 10.1 Å². The predicted octanol–water partition coefficient (Wildman–Crippen LogP) is 4.57. The Balaban J connectivity index is 1.56. The fraction of sp³-hybridized carbons (Fsp3) is 0.0435. The van der Waals surface area contributed by atoms with E-state index in [4.69, 9.17) is 4.74 Å². The standard InChI is InChI=1S/C23H17FN2O3/c24-16-10-11-20-18(14-16)21(27)12-13-26(20)15-23(28)25-19-8-4-5-9-22(19)29-17-6-2-1-3-7-17/h1-14H,15H2,(H,25,28). The van der Waals surface area contributed by atoms with E-state index in [0.29, 0.717) is 22.7 Å². The molecule has 0 atom stereocenters. The fourth-order valence-corrected chi connectivity index (χ4v) is 3.04. The number of nitrogens with zero attached hydrogens (tertiary/aromatic N) is 1. The van der Waals surface area contributed by atoms with Crippen LogP contribution in [0.2, 0.25) is 0 Å². The van der Waals surface area contributed by atoms with Crippen LogP contribution in [0.1, 0.15) is 0 Å². The molecule has 0 saturated heterocycles. The van der Waals surface area contributed by atoms with Gasteiger partial charge >= 0.3 is 0 Å². The maximum atomic E-state index is 13.5. The number of halogens is 1. The Morgan fingerprint density at radius 3 is 2.55 bits per heavy atom. The number of fused-ring (bicyclic) bond motifs is 1. The van der Waals surface area contributed by atoms with E-state index < -0.39 is 5.82 Å². The predicted molar refractivity (Wildman–Crippen MR) is 110 cm³/mol. The number of nitrogens with one attached hydrogen (secondary N) is 1. The van der Waals surface area contributed by atoms with Crippen LogP contribution in [-0.4, -0.2) is 10.5 Å². The molecule has 3 aromatic carbocycles. The van der Waals surface area contributed by atoms with Gasteiger partial charge in [0.25, 0.3) is 0 Å². The molecule has 4 aromatic rings. The highest BCUT2D eigenvalue weighted by Gasteiger charge is 2.11. The van der Waals surface area contributed by atoms with E-state index in [2.05, 4.69) is 5.32 Å². The molecule has 0 radical (unpaired) electrons. The molecule has 29 heavy (non-hydrogen) atoms. The van der Waals surface area contributed by atoms with E-state index in [1.807, 2.05) is 36.4 Å². The minimum absolute atomic E-state index is 0.0396. The molecule has 0 unspecified atom stereocenters. The van der Waals surface area contributed by atoms with Crippen LogP contribution < -0.4 is 15.5 Å². The van der Waals surface area contributed by atoms with Crippen molar-refractivity contribution in [3.8, 4) is 11.5 Å². The SMILES string of the molecule is O=C(Cn1ccc(=O)c2cc(F)ccc21)Nc1ccccc1Oc1ccccc1. The van der Waals surface area contributed by atoms with Crippen LogP contribution in [0.15, 0.2) is 89.9 Å². The van der Waals surface area contributed by atoms with Crippen molar-refractivity contribution >= 4 is 22.5 Å². The van der Waals surface area contributed by atoms with Crippen molar-refractivity contribution in [2.24, 2.45) is 0 Å². The second kappa shape index (κ2) is 7.98. The second-order valence-electron chi connectivity index (χ2n) is 6.43. The van der Waals surface area contributed by atoms with Crippen LogP contribution >= 0.6 is 0 Å². The third-order valence-corrected chi connectivity index (χ3v) is 4.39. The van der Waals surface area contributed by atoms with Gasteiger partial charge in [-0.05, 0) is 42.5 Å². The number of aromatic nitrogens is 1. The first-order valence-corrected chi connectivity index (χ1v) is 9.01. The molecule has 0 aliphatic rings. The number of amides is 1. The van der Waals surface area contributed by atoms with Gasteiger partial charge in [0.2, 0.25) is 5.91 Å². The maximum Gasteiger partial charge on any atom is 0.244 e. The van der Waals surface area contributed by atoms with Crippen molar-refractivity contribution in [3.63, 3.8) is 0 Å². The summed E-state index contributed by atoms with van der Waals surface area (Å²) in [6.45, 7) is -0.0396. The number of pyridine rings is 1. The first-order chi connectivity index (χ1) is 14.1. The maximum absolute atomic E-state index is 13.5. The summed E-state index contributed by atoms with van der Waals surface area (Å²) in [5.74, 6) is 0.369. The summed E-state index contributed by atoms with van der Waals surface area (Å²) >= 11 is 0. The summed E-state index contributed by atoms with van der Waals surface area (Å²) in [4.78, 5) is 24.6. The highest BCUT2D eigenvalue weighted by molar-refractivity contribution is 5.93. The fourth-order valence-electron chi connectivity index (χ4n) is 3.04. The largest absolute Gasteiger partial charge is 0.455 e. The number of hydrogen-bond donors (Lipinski definition) is 1. The van der Waals surface area contributed by atoms with E-state index >= 15 is 0 Å². The van der Waals surface area contributed by atoms with Crippen molar-refractivity contribution in [2.75, 3.05) is 5.32 Å². The van der Waals surface area contributed by atoms with Gasteiger partial charge in [0.05, 0.1) is 11.2 Å². The molecule has 1 heterocycles. The summed E-state index contributed by atoms with van der Waals surface area (Å²) in [5, 5.41) is 3.06. The molecule has 144 valence electrons. The Morgan fingerprint density at radius 2 is 1.72 bits per heavy atom. The number of hydrogen-bond acceptors (Lipinski definition) is 3. The molecule has 0 fully saturated rings. The van der Waals surface area contributed by atoms with Crippen LogP contribution in [-0.2, 0) is 11.3 Å². The Labute approximate surface area is 166 Å². The van der Waals surface area contributed by atoms with E-state index in [1.165, 1.54) is 30.5 Å². The lowest BCUT2D eigenvalue weighted by molar-refractivity contribution is -0.116. The van der Waals surface area contributed by atoms with Gasteiger partial charge in [-0.3, -0.25) is 9.59 Å². The Morgan fingerprint density at radius 1 is 0.966 bits per heavy atom. The van der Waals surface area contributed by atoms with E-state index in [0.717, 1.165) is 0 Å². The number of ether oxygens (including phenoxy) is 1. The van der Waals surface area contributed by atoms with Gasteiger partial charge in [-0.15, -0.1) is 0 Å². The first-order valence-electron chi connectivity index (χ1n) is 9.01. The minimum atomic E-state index is -0.496. The van der Waals surface area contributed by atoms with Crippen LogP contribution in [0, 0.1) is 5.82 Å². The van der Waals surface area contributed by atoms with Gasteiger partial charge in [-0.1, -0.05) is 30.3 Å². The molecular weight excluding hydrogens is 371 g/mol. The van der Waals surface area contributed by atoms with Crippen molar-refractivity contribution in [1.29, 1.82) is 0 Å². The van der Waals surface area contributed by atoms with Gasteiger partial charge < -0.3 is 14.6 Å². The number of rotatable bonds is 5. The molecule has 0 saturated carbocycles. The average Bonchev–Trinajstić information content (AvgIpc) is 2.72. The van der Waals surface area contributed by atoms with Gasteiger partial charge in [0, 0.05) is 17.6 Å². The highest BCUT2D eigenvalue weighted by Crippen LogP contribution is 2.29. The topological polar surface area (TPSA) is 60.3 Å². The van der Waals surface area contributed by atoms with Gasteiger partial charge in [-0.2, -0.15) is 0 Å². The zero-order valence-electron chi connectivity index (χ0n) is 15.3. The minimum Gasteiger partial charge on any atom is -0.455 e. The highest BCUT2D eigenvalue weighted by atomic mass is 19.1. The third-order valence-electron chi connectivity index (χ3n) is 4.39. The molecule has 1 N–H and O–H groups in total. The summed E-state index contributed by atoms with van der Waals surface area (Å²) in [5.41, 5.74) is 0.721. The molecule has 6 heteroatoms. The number of carbonyl (C=O) groups excluding carboxylic acids is 1. The van der Waals surface area contributed by atoms with Crippen molar-refractivity contribution in [2.45, 2.75) is 6.54 Å². The molecule has 4 rings (SSSR count). The van der Waals surface area contributed by atoms with Crippen molar-refractivity contribution in [3.05, 3.63) is 101 Å². The quantitative estimate of drug-likeness (QED) is 0.545. The molecular formula is C23H17FN2O3. The van der Waals surface area contributed by atoms with Gasteiger partial charge in [0.1, 0.15) is 18.1 Å². The smallest absolute Gasteiger partial charge is 0.244 e. The van der Waals surface area contributed by atoms with Gasteiger partial charge in [0.15, 0.2) is 11.2 Å². The number of benzene rings is 3. The lowest BCUT2D eigenvalue weighted by Crippen LogP contribution is -2.20. The third kappa shape index (κ3) is 4.16. The van der Waals surface area contributed by atoms with Crippen molar-refractivity contribution in [1.82, 2.24) is 4.57 Å². The zero-order chi connectivity index (χ0) is 20.2.